The number of fused-ring (bicyclic) bond motifs is 1. The van der Waals surface area contributed by atoms with Crippen LogP contribution in [-0.4, -0.2) is 53.2 Å². The first-order valence-electron chi connectivity index (χ1n) is 9.60. The number of anilines is 3. The summed E-state index contributed by atoms with van der Waals surface area (Å²) in [6.07, 6.45) is 4.20. The highest BCUT2D eigenvalue weighted by atomic mass is 16.6. The van der Waals surface area contributed by atoms with Crippen LogP contribution in [-0.2, 0) is 11.2 Å². The molecule has 0 unspecified atom stereocenters. The molecular formula is C20H25N5O2. The lowest BCUT2D eigenvalue weighted by Gasteiger charge is -2.32. The minimum atomic E-state index is -0.215. The van der Waals surface area contributed by atoms with E-state index in [1.165, 1.54) is 11.3 Å². The lowest BCUT2D eigenvalue weighted by molar-refractivity contribution is 0.0983. The highest BCUT2D eigenvalue weighted by molar-refractivity contribution is 5.69. The number of carbonyl (C=O) groups is 1. The summed E-state index contributed by atoms with van der Waals surface area (Å²) < 4.78 is 5.08. The van der Waals surface area contributed by atoms with Crippen molar-refractivity contribution in [3.05, 3.63) is 42.2 Å². The van der Waals surface area contributed by atoms with Gasteiger partial charge in [-0.1, -0.05) is 18.2 Å². The molecule has 7 heteroatoms. The summed E-state index contributed by atoms with van der Waals surface area (Å²) in [5, 5.41) is 3.50. The summed E-state index contributed by atoms with van der Waals surface area (Å²) >= 11 is 0. The van der Waals surface area contributed by atoms with Crippen molar-refractivity contribution in [1.82, 2.24) is 14.9 Å². The molecule has 2 aromatic rings. The number of piperidine rings is 1. The number of nitrogens with one attached hydrogen (secondary N) is 1. The molecule has 0 radical (unpaired) electrons. The van der Waals surface area contributed by atoms with E-state index in [-0.39, 0.29) is 6.09 Å². The fourth-order valence-electron chi connectivity index (χ4n) is 3.78. The Hall–Kier alpha value is -2.83. The number of amides is 1. The van der Waals surface area contributed by atoms with Gasteiger partial charge in [0.1, 0.15) is 18.0 Å². The van der Waals surface area contributed by atoms with E-state index in [1.807, 2.05) is 13.0 Å². The Morgan fingerprint density at radius 1 is 1.22 bits per heavy atom. The molecule has 0 bridgehead atoms. The largest absolute Gasteiger partial charge is 0.450 e. The smallest absolute Gasteiger partial charge is 0.409 e. The molecular weight excluding hydrogens is 342 g/mol. The van der Waals surface area contributed by atoms with E-state index < -0.39 is 0 Å². The molecule has 1 amide bonds. The first kappa shape index (κ1) is 17.6. The molecule has 3 heterocycles. The first-order chi connectivity index (χ1) is 13.2. The predicted molar refractivity (Wildman–Crippen MR) is 104 cm³/mol. The zero-order valence-electron chi connectivity index (χ0n) is 15.6. The van der Waals surface area contributed by atoms with Gasteiger partial charge in [-0.15, -0.1) is 0 Å². The Morgan fingerprint density at radius 2 is 2.04 bits per heavy atom. The van der Waals surface area contributed by atoms with Gasteiger partial charge in [0.2, 0.25) is 0 Å². The van der Waals surface area contributed by atoms with Crippen molar-refractivity contribution >= 4 is 23.4 Å². The standard InChI is InChI=1S/C20H25N5O2/c1-2-27-20(26)24-10-8-16(9-11-24)23-18-13-19(22-14-21-18)25-12-7-15-5-3-4-6-17(15)25/h3-6,13-14,16H,2,7-12H2,1H3,(H,21,22,23). The number of benzene rings is 1. The molecule has 142 valence electrons. The maximum atomic E-state index is 11.8. The number of ether oxygens (including phenoxy) is 1. The monoisotopic (exact) mass is 367 g/mol. The van der Waals surface area contributed by atoms with Crippen molar-refractivity contribution in [3.8, 4) is 0 Å². The van der Waals surface area contributed by atoms with Gasteiger partial charge < -0.3 is 19.9 Å². The molecule has 2 aliphatic heterocycles. The normalized spacial score (nSPS) is 16.9. The quantitative estimate of drug-likeness (QED) is 0.895. The highest BCUT2D eigenvalue weighted by Crippen LogP contribution is 2.33. The molecule has 1 aromatic carbocycles. The van der Waals surface area contributed by atoms with Crippen LogP contribution < -0.4 is 10.2 Å². The Morgan fingerprint density at radius 3 is 2.85 bits per heavy atom. The lowest BCUT2D eigenvalue weighted by atomic mass is 10.1. The Labute approximate surface area is 159 Å². The number of likely N-dealkylation sites (tertiary alicyclic amines) is 1. The summed E-state index contributed by atoms with van der Waals surface area (Å²) in [7, 11) is 0. The summed E-state index contributed by atoms with van der Waals surface area (Å²) in [6.45, 7) is 4.59. The summed E-state index contributed by atoms with van der Waals surface area (Å²) in [5.74, 6) is 1.75. The summed E-state index contributed by atoms with van der Waals surface area (Å²) in [5.41, 5.74) is 2.59. The molecule has 0 aliphatic carbocycles. The van der Waals surface area contributed by atoms with Gasteiger partial charge in [-0.25, -0.2) is 14.8 Å². The van der Waals surface area contributed by atoms with Crippen LogP contribution in [0.4, 0.5) is 22.1 Å². The van der Waals surface area contributed by atoms with Crippen LogP contribution in [0, 0.1) is 0 Å². The molecule has 27 heavy (non-hydrogen) atoms. The fourth-order valence-corrected chi connectivity index (χ4v) is 3.78. The fraction of sp³-hybridized carbons (Fsp3) is 0.450. The molecule has 7 nitrogen and oxygen atoms in total. The minimum Gasteiger partial charge on any atom is -0.450 e. The second-order valence-corrected chi connectivity index (χ2v) is 6.90. The van der Waals surface area contributed by atoms with Crippen LogP contribution in [0.15, 0.2) is 36.7 Å². The summed E-state index contributed by atoms with van der Waals surface area (Å²) in [6, 6.07) is 10.8. The molecule has 1 fully saturated rings. The predicted octanol–water partition coefficient (Wildman–Crippen LogP) is 3.20. The molecule has 1 N–H and O–H groups in total. The maximum Gasteiger partial charge on any atom is 0.409 e. The van der Waals surface area contributed by atoms with Crippen LogP contribution in [0.5, 0.6) is 0 Å². The van der Waals surface area contributed by atoms with Crippen molar-refractivity contribution in [1.29, 1.82) is 0 Å². The van der Waals surface area contributed by atoms with E-state index in [0.717, 1.165) is 37.4 Å². The van der Waals surface area contributed by atoms with Gasteiger partial charge in [-0.2, -0.15) is 0 Å². The van der Waals surface area contributed by atoms with E-state index in [0.29, 0.717) is 25.7 Å². The SMILES string of the molecule is CCOC(=O)N1CCC(Nc2cc(N3CCc4ccccc43)ncn2)CC1. The molecule has 0 saturated carbocycles. The Bertz CT molecular complexity index is 804. The second-order valence-electron chi connectivity index (χ2n) is 6.90. The van der Waals surface area contributed by atoms with Crippen LogP contribution in [0.3, 0.4) is 0 Å². The summed E-state index contributed by atoms with van der Waals surface area (Å²) in [4.78, 5) is 24.7. The van der Waals surface area contributed by atoms with Gasteiger partial charge in [0, 0.05) is 37.4 Å². The van der Waals surface area contributed by atoms with Crippen molar-refractivity contribution in [3.63, 3.8) is 0 Å². The van der Waals surface area contributed by atoms with E-state index in [2.05, 4.69) is 44.5 Å². The van der Waals surface area contributed by atoms with Crippen LogP contribution >= 0.6 is 0 Å². The van der Waals surface area contributed by atoms with E-state index >= 15 is 0 Å². The second kappa shape index (κ2) is 7.82. The molecule has 2 aliphatic rings. The van der Waals surface area contributed by atoms with Gasteiger partial charge in [0.15, 0.2) is 0 Å². The zero-order chi connectivity index (χ0) is 18.6. The zero-order valence-corrected chi connectivity index (χ0v) is 15.6. The third kappa shape index (κ3) is 3.82. The van der Waals surface area contributed by atoms with Gasteiger partial charge in [-0.05, 0) is 37.8 Å². The topological polar surface area (TPSA) is 70.6 Å². The van der Waals surface area contributed by atoms with Gasteiger partial charge in [-0.3, -0.25) is 0 Å². The van der Waals surface area contributed by atoms with Crippen molar-refractivity contribution in [2.75, 3.05) is 36.5 Å². The number of hydrogen-bond acceptors (Lipinski definition) is 6. The van der Waals surface area contributed by atoms with Crippen molar-refractivity contribution < 1.29 is 9.53 Å². The van der Waals surface area contributed by atoms with E-state index in [9.17, 15) is 4.79 Å². The van der Waals surface area contributed by atoms with Gasteiger partial charge >= 0.3 is 6.09 Å². The molecule has 1 aromatic heterocycles. The Kier molecular flexibility index (Phi) is 5.09. The number of hydrogen-bond donors (Lipinski definition) is 1. The molecule has 4 rings (SSSR count). The van der Waals surface area contributed by atoms with Gasteiger partial charge in [0.05, 0.1) is 6.61 Å². The third-order valence-electron chi connectivity index (χ3n) is 5.19. The molecule has 0 spiro atoms. The van der Waals surface area contributed by atoms with E-state index in [1.54, 1.807) is 11.2 Å². The number of rotatable bonds is 4. The average Bonchev–Trinajstić information content (AvgIpc) is 3.13. The number of aromatic nitrogens is 2. The van der Waals surface area contributed by atoms with Crippen molar-refractivity contribution in [2.24, 2.45) is 0 Å². The van der Waals surface area contributed by atoms with Crippen LogP contribution in [0.25, 0.3) is 0 Å². The minimum absolute atomic E-state index is 0.215. The first-order valence-corrected chi connectivity index (χ1v) is 9.60. The van der Waals surface area contributed by atoms with Crippen LogP contribution in [0.1, 0.15) is 25.3 Å². The maximum absolute atomic E-state index is 11.8. The third-order valence-corrected chi connectivity index (χ3v) is 5.19. The Balaban J connectivity index is 1.39. The van der Waals surface area contributed by atoms with Crippen LogP contribution in [0.2, 0.25) is 0 Å². The molecule has 1 saturated heterocycles. The number of para-hydroxylation sites is 1. The number of carbonyl (C=O) groups excluding carboxylic acids is 1. The number of nitrogens with zero attached hydrogens (tertiary/aromatic N) is 4. The average molecular weight is 367 g/mol. The molecule has 0 atom stereocenters. The highest BCUT2D eigenvalue weighted by Gasteiger charge is 2.25. The lowest BCUT2D eigenvalue weighted by Crippen LogP contribution is -2.42. The van der Waals surface area contributed by atoms with E-state index in [4.69, 9.17) is 4.74 Å². The van der Waals surface area contributed by atoms with Crippen molar-refractivity contribution in [2.45, 2.75) is 32.2 Å². The van der Waals surface area contributed by atoms with Gasteiger partial charge in [0.25, 0.3) is 0 Å².